The van der Waals surface area contributed by atoms with Gasteiger partial charge in [-0.1, -0.05) is 22.0 Å². The molecule has 5 aromatic rings. The topological polar surface area (TPSA) is 246 Å². The summed E-state index contributed by atoms with van der Waals surface area (Å²) in [7, 11) is 3.17. The summed E-state index contributed by atoms with van der Waals surface area (Å²) in [5, 5.41) is 2.26. The zero-order valence-electron chi connectivity index (χ0n) is 45.8. The van der Waals surface area contributed by atoms with E-state index in [1.165, 1.54) is 17.4 Å². The third-order valence-corrected chi connectivity index (χ3v) is 10.7. The first-order chi connectivity index (χ1) is 38.9. The van der Waals surface area contributed by atoms with Crippen LogP contribution < -0.4 is 22.7 Å². The molecule has 16 nitrogen and oxygen atoms in total. The molecule has 1 radical (unpaired) electrons. The quantitative estimate of drug-likeness (QED) is 0.00966. The van der Waals surface area contributed by atoms with Crippen LogP contribution >= 0.6 is 72.9 Å². The van der Waals surface area contributed by atoms with Crippen molar-refractivity contribution >= 4 is 128 Å². The molecule has 0 bridgehead atoms. The van der Waals surface area contributed by atoms with Crippen molar-refractivity contribution in [3.05, 3.63) is 162 Å². The second kappa shape index (κ2) is 41.9. The van der Waals surface area contributed by atoms with Gasteiger partial charge in [-0.2, -0.15) is 0 Å². The molecule has 0 aromatic heterocycles. The van der Waals surface area contributed by atoms with Crippen LogP contribution in [-0.4, -0.2) is 69.3 Å². The number of carbonyl (C=O) groups excluding carboxylic acids is 3. The third-order valence-electron chi connectivity index (χ3n) is 9.52. The van der Waals surface area contributed by atoms with Gasteiger partial charge in [0.2, 0.25) is 0 Å². The Morgan fingerprint density at radius 3 is 1.13 bits per heavy atom. The number of thiol groups is 1. The Morgan fingerprint density at radius 1 is 0.619 bits per heavy atom. The number of rotatable bonds is 8. The molecule has 466 valence electrons. The van der Waals surface area contributed by atoms with E-state index in [4.69, 9.17) is 35.9 Å². The summed E-state index contributed by atoms with van der Waals surface area (Å²) in [6.45, 7) is 22.2. The van der Waals surface area contributed by atoms with Gasteiger partial charge in [-0.3, -0.25) is 0 Å². The molecule has 0 amide bonds. The normalized spacial score (nSPS) is 11.9. The Balaban J connectivity index is -0.000000944. The monoisotopic (exact) mass is 1520 g/mol. The molecule has 5 aromatic carbocycles. The molecule has 0 atom stereocenters. The summed E-state index contributed by atoms with van der Waals surface area (Å²) in [5.41, 5.74) is 10.8. The van der Waals surface area contributed by atoms with E-state index >= 15 is 0 Å². The van der Waals surface area contributed by atoms with Crippen LogP contribution in [0.1, 0.15) is 100 Å². The number of nitrogen functional groups attached to an aromatic ring is 3. The van der Waals surface area contributed by atoms with E-state index in [2.05, 4.69) is 111 Å². The molecule has 1 aliphatic rings. The van der Waals surface area contributed by atoms with Crippen molar-refractivity contribution < 1.29 is 103 Å². The Hall–Kier alpha value is -5.01. The van der Waals surface area contributed by atoms with Crippen LogP contribution in [-0.2, 0) is 44.4 Å². The fourth-order valence-corrected chi connectivity index (χ4v) is 5.71. The summed E-state index contributed by atoms with van der Waals surface area (Å²) in [6.07, 6.45) is 0. The molecule has 0 unspecified atom stereocenters. The standard InChI is InChI=1S/C15H19BF2O4.C9H7BrF2O2.C9H9F2NO2.C6H4BrF2N.C6H5F2N.C4H9NO2.CO.BHNS.2BrH.Cu/c1-6-20-13(19)9-7-10(17)12(11(18)8-9)16-21-14(2,3)15(4,5)22-16;1-2-14-9(13)5-3-6(11)8(10)7(12)4-5;1-2-14-9(13)5-3-6(10)8(12)7(11)4-5;7-3-1-4(8)6(10)5(9)2-3;7-4-2-1-3-5(8)6(4)9;1-4(2,3)7-5-6;1-2;1-2-3;;;/h7-8H,6H2,1-5H3;3-4H,2H2,1H3;3-4H,2,12H2,1H3;1-2H,10H2;1-3H,9H2;1-3H3;;3H;2*1H;/q;;;;;;;;;;+2/p-2. The molecule has 6 rings (SSSR count). The van der Waals surface area contributed by atoms with Crippen LogP contribution in [0.5, 0.6) is 0 Å². The van der Waals surface area contributed by atoms with Crippen LogP contribution in [0.4, 0.5) is 61.0 Å². The van der Waals surface area contributed by atoms with Gasteiger partial charge in [-0.15, -0.1) is 4.91 Å². The number of hydrogen-bond acceptors (Lipinski definition) is 16. The van der Waals surface area contributed by atoms with Gasteiger partial charge in [-0.05, 0) is 146 Å². The van der Waals surface area contributed by atoms with E-state index in [-0.39, 0.29) is 46.4 Å². The maximum atomic E-state index is 14.3. The average molecular weight is 1530 g/mol. The Bertz CT molecular complexity index is 2770. The van der Waals surface area contributed by atoms with Gasteiger partial charge in [0.25, 0.3) is 0 Å². The first kappa shape index (κ1) is 83.2. The average Bonchev–Trinajstić information content (AvgIpc) is 2.91. The van der Waals surface area contributed by atoms with Gasteiger partial charge in [0.05, 0.1) is 57.6 Å². The molecule has 0 spiro atoms. The second-order valence-corrected chi connectivity index (χ2v) is 23.8. The number of benzene rings is 5. The fourth-order valence-electron chi connectivity index (χ4n) is 5.08. The summed E-state index contributed by atoms with van der Waals surface area (Å²) >= 11 is 16.2. The van der Waals surface area contributed by atoms with Crippen molar-refractivity contribution in [1.82, 2.24) is 0 Å². The summed E-state index contributed by atoms with van der Waals surface area (Å²) < 4.78 is 165. The SMILES string of the molecule is CC(C)(C)ON=O.CCOC(=O)c1cc(F)c(B2OC(C)(C)C(C)(C)O2)c(F)c1.CCOC(=O)c1cc(F)c(Br)c(F)c1.CCOC(=O)c1cc(F)c(N)c(F)c1.Nc1c(F)cc(Br)cc1F.Nc1c(F)cccc1F.[B]=NS.[Br][Cu][Br].[C-]#[O+]. The number of halogens is 14. The van der Waals surface area contributed by atoms with E-state index in [0.29, 0.717) is 4.47 Å². The van der Waals surface area contributed by atoms with Crippen LogP contribution in [0.15, 0.2) is 85.3 Å². The number of nitrogens with zero attached hydrogens (tertiary/aromatic N) is 2. The van der Waals surface area contributed by atoms with E-state index in [1.807, 2.05) is 0 Å². The second-order valence-electron chi connectivity index (χ2n) is 17.1. The molecular formula is C50H54B2Br4CuF10N5O11S. The molecule has 0 aliphatic carbocycles. The van der Waals surface area contributed by atoms with Gasteiger partial charge in [-0.25, -0.2) is 58.3 Å². The molecule has 1 fully saturated rings. The molecule has 34 heteroatoms. The zero-order valence-corrected chi connectivity index (χ0v) is 54.0. The van der Waals surface area contributed by atoms with Gasteiger partial charge in [0, 0.05) is 4.47 Å². The predicted octanol–water partition coefficient (Wildman–Crippen LogP) is 14.2. The van der Waals surface area contributed by atoms with Gasteiger partial charge in [0.15, 0.2) is 5.34 Å². The predicted molar refractivity (Wildman–Crippen MR) is 310 cm³/mol. The molecular weight excluding hydrogens is 1470 g/mol. The van der Waals surface area contributed by atoms with Crippen molar-refractivity contribution in [2.24, 2.45) is 9.64 Å². The summed E-state index contributed by atoms with van der Waals surface area (Å²) in [5.74, 6) is -10.6. The number of nitrogens with two attached hydrogens (primary N) is 3. The molecule has 6 N–H and O–H groups in total. The minimum absolute atomic E-state index is 0.126. The minimum atomic E-state index is -1.17. The van der Waals surface area contributed by atoms with Crippen molar-refractivity contribution in [2.45, 2.75) is 86.0 Å². The van der Waals surface area contributed by atoms with Crippen molar-refractivity contribution in [3.8, 4) is 0 Å². The van der Waals surface area contributed by atoms with E-state index in [9.17, 15) is 63.2 Å². The van der Waals surface area contributed by atoms with E-state index < -0.39 is 117 Å². The van der Waals surface area contributed by atoms with E-state index in [1.54, 1.807) is 69.2 Å². The maximum absolute atomic E-state index is 14.3. The first-order valence-electron chi connectivity index (χ1n) is 22.8. The fraction of sp³-hybridized carbons (Fsp3) is 0.320. The Morgan fingerprint density at radius 2 is 0.881 bits per heavy atom. The molecule has 1 saturated heterocycles. The first-order valence-corrected chi connectivity index (χ1v) is 29.5. The molecule has 84 heavy (non-hydrogen) atoms. The number of ether oxygens (including phenoxy) is 3. The van der Waals surface area contributed by atoms with Gasteiger partial charge in [0.1, 0.15) is 80.8 Å². The van der Waals surface area contributed by atoms with Crippen LogP contribution in [0.2, 0.25) is 0 Å². The van der Waals surface area contributed by atoms with Gasteiger partial charge >= 0.3 is 101 Å². The van der Waals surface area contributed by atoms with Crippen LogP contribution in [0, 0.1) is 69.7 Å². The summed E-state index contributed by atoms with van der Waals surface area (Å²) in [6, 6.07) is 11.1. The molecule has 0 saturated carbocycles. The number of hydrogen-bond donors (Lipinski definition) is 4. The third kappa shape index (κ3) is 30.4. The number of esters is 3. The Labute approximate surface area is 521 Å². The summed E-state index contributed by atoms with van der Waals surface area (Å²) in [4.78, 5) is 47.4. The van der Waals surface area contributed by atoms with Crippen molar-refractivity contribution in [1.29, 1.82) is 0 Å². The number of para-hydroxylation sites is 1. The van der Waals surface area contributed by atoms with E-state index in [0.717, 1.165) is 60.7 Å². The zero-order chi connectivity index (χ0) is 66.0. The van der Waals surface area contributed by atoms with Crippen LogP contribution in [0.25, 0.3) is 0 Å². The van der Waals surface area contributed by atoms with Crippen molar-refractivity contribution in [3.63, 3.8) is 0 Å². The Kier molecular flexibility index (Phi) is 41.5. The number of anilines is 3. The molecule has 1 heterocycles. The van der Waals surface area contributed by atoms with Gasteiger partial charge < -0.3 is 45.6 Å². The van der Waals surface area contributed by atoms with Crippen LogP contribution in [0.3, 0.4) is 0 Å². The molecule has 1 aliphatic heterocycles. The number of carbonyl (C=O) groups is 3. The van der Waals surface area contributed by atoms with Crippen molar-refractivity contribution in [2.75, 3.05) is 37.0 Å².